The third kappa shape index (κ3) is 3.44. The van der Waals surface area contributed by atoms with Crippen molar-refractivity contribution in [1.29, 1.82) is 0 Å². The summed E-state index contributed by atoms with van der Waals surface area (Å²) in [4.78, 5) is 22.0. The lowest BCUT2D eigenvalue weighted by atomic mass is 9.89. The van der Waals surface area contributed by atoms with Crippen LogP contribution in [0.5, 0.6) is 0 Å². The number of nitrogens with zero attached hydrogens (tertiary/aromatic N) is 3. The monoisotopic (exact) mass is 343 g/mol. The largest absolute Gasteiger partial charge is 0.373 e. The highest BCUT2D eigenvalue weighted by molar-refractivity contribution is 5.94. The lowest BCUT2D eigenvalue weighted by molar-refractivity contribution is -0.0946. The fourth-order valence-electron chi connectivity index (χ4n) is 4.86. The van der Waals surface area contributed by atoms with E-state index in [2.05, 4.69) is 9.88 Å². The van der Waals surface area contributed by atoms with Crippen molar-refractivity contribution in [2.24, 2.45) is 0 Å². The summed E-state index contributed by atoms with van der Waals surface area (Å²) < 4.78 is 6.25. The van der Waals surface area contributed by atoms with E-state index in [0.29, 0.717) is 6.04 Å². The number of aromatic nitrogens is 1. The van der Waals surface area contributed by atoms with Gasteiger partial charge in [-0.05, 0) is 71.2 Å². The van der Waals surface area contributed by atoms with Crippen LogP contribution in [0.3, 0.4) is 0 Å². The van der Waals surface area contributed by atoms with Gasteiger partial charge in [-0.1, -0.05) is 0 Å². The Kier molecular flexibility index (Phi) is 4.54. The molecule has 0 N–H and O–H groups in total. The molecule has 136 valence electrons. The molecule has 3 aliphatic heterocycles. The summed E-state index contributed by atoms with van der Waals surface area (Å²) in [5, 5.41) is 0. The van der Waals surface area contributed by atoms with E-state index in [1.54, 1.807) is 0 Å². The SMILES string of the molecule is Cc1cc(C(=O)N2CC[C@@]3(C[C@H](N4CCCC4)CCO3)C2)cc(C)n1. The van der Waals surface area contributed by atoms with E-state index < -0.39 is 0 Å². The maximum Gasteiger partial charge on any atom is 0.254 e. The highest BCUT2D eigenvalue weighted by Crippen LogP contribution is 2.37. The van der Waals surface area contributed by atoms with Gasteiger partial charge in [-0.3, -0.25) is 9.78 Å². The number of carbonyl (C=O) groups is 1. The first-order chi connectivity index (χ1) is 12.0. The molecule has 4 rings (SSSR count). The van der Waals surface area contributed by atoms with Crippen molar-refractivity contribution in [1.82, 2.24) is 14.8 Å². The summed E-state index contributed by atoms with van der Waals surface area (Å²) in [6, 6.07) is 4.43. The van der Waals surface area contributed by atoms with E-state index in [-0.39, 0.29) is 11.5 Å². The minimum atomic E-state index is -0.127. The van der Waals surface area contributed by atoms with E-state index in [1.807, 2.05) is 30.9 Å². The highest BCUT2D eigenvalue weighted by atomic mass is 16.5. The maximum atomic E-state index is 12.9. The quantitative estimate of drug-likeness (QED) is 0.828. The zero-order valence-electron chi connectivity index (χ0n) is 15.5. The Morgan fingerprint density at radius 1 is 1.20 bits per heavy atom. The van der Waals surface area contributed by atoms with E-state index in [1.165, 1.54) is 25.9 Å². The molecule has 0 bridgehead atoms. The average Bonchev–Trinajstić information content (AvgIpc) is 3.24. The number of amides is 1. The lowest BCUT2D eigenvalue weighted by Gasteiger charge is -2.41. The summed E-state index contributed by atoms with van der Waals surface area (Å²) in [6.07, 6.45) is 5.83. The van der Waals surface area contributed by atoms with Crippen molar-refractivity contribution in [3.63, 3.8) is 0 Å². The van der Waals surface area contributed by atoms with Gasteiger partial charge in [0.2, 0.25) is 0 Å². The molecular formula is C20H29N3O2. The molecule has 1 aromatic heterocycles. The van der Waals surface area contributed by atoms with Crippen molar-refractivity contribution in [3.8, 4) is 0 Å². The second-order valence-corrected chi connectivity index (χ2v) is 8.04. The van der Waals surface area contributed by atoms with E-state index in [0.717, 1.165) is 55.9 Å². The van der Waals surface area contributed by atoms with Gasteiger partial charge in [0.05, 0.1) is 12.1 Å². The minimum Gasteiger partial charge on any atom is -0.373 e. The molecule has 5 heteroatoms. The maximum absolute atomic E-state index is 12.9. The molecule has 1 aromatic rings. The number of rotatable bonds is 2. The summed E-state index contributed by atoms with van der Waals surface area (Å²) in [6.45, 7) is 8.72. The Morgan fingerprint density at radius 2 is 1.92 bits per heavy atom. The predicted molar refractivity (Wildman–Crippen MR) is 96.7 cm³/mol. The molecule has 0 saturated carbocycles. The number of likely N-dealkylation sites (tertiary alicyclic amines) is 2. The van der Waals surface area contributed by atoms with Crippen LogP contribution in [0.1, 0.15) is 53.8 Å². The summed E-state index contributed by atoms with van der Waals surface area (Å²) in [5.74, 6) is 0.123. The Morgan fingerprint density at radius 3 is 2.64 bits per heavy atom. The first kappa shape index (κ1) is 17.0. The Hall–Kier alpha value is -1.46. The van der Waals surface area contributed by atoms with Crippen molar-refractivity contribution >= 4 is 5.91 Å². The number of ether oxygens (including phenoxy) is 1. The molecule has 3 aliphatic rings. The smallest absolute Gasteiger partial charge is 0.254 e. The molecule has 1 amide bonds. The zero-order valence-corrected chi connectivity index (χ0v) is 15.5. The van der Waals surface area contributed by atoms with Gasteiger partial charge in [-0.2, -0.15) is 0 Å². The fourth-order valence-corrected chi connectivity index (χ4v) is 4.86. The lowest BCUT2D eigenvalue weighted by Crippen LogP contribution is -2.49. The molecular weight excluding hydrogens is 314 g/mol. The molecule has 5 nitrogen and oxygen atoms in total. The topological polar surface area (TPSA) is 45.7 Å². The van der Waals surface area contributed by atoms with Gasteiger partial charge < -0.3 is 14.5 Å². The number of pyridine rings is 1. The Balaban J connectivity index is 1.45. The van der Waals surface area contributed by atoms with Crippen molar-refractivity contribution in [2.75, 3.05) is 32.8 Å². The Bertz CT molecular complexity index is 636. The standard InChI is InChI=1S/C20H29N3O2/c1-15-11-17(12-16(2)21-15)19(24)23-9-6-20(14-23)13-18(5-10-25-20)22-7-3-4-8-22/h11-12,18H,3-10,13-14H2,1-2H3/t18-,20-/m1/s1. The summed E-state index contributed by atoms with van der Waals surface area (Å²) >= 11 is 0. The van der Waals surface area contributed by atoms with E-state index >= 15 is 0 Å². The molecule has 3 fully saturated rings. The number of aryl methyl sites for hydroxylation is 2. The third-order valence-electron chi connectivity index (χ3n) is 6.06. The summed E-state index contributed by atoms with van der Waals surface area (Å²) in [5.41, 5.74) is 2.44. The Labute approximate surface area is 150 Å². The second-order valence-electron chi connectivity index (χ2n) is 8.04. The predicted octanol–water partition coefficient (Wildman–Crippen LogP) is 2.56. The summed E-state index contributed by atoms with van der Waals surface area (Å²) in [7, 11) is 0. The molecule has 1 spiro atoms. The van der Waals surface area contributed by atoms with Gasteiger partial charge in [0.15, 0.2) is 0 Å². The number of hydrogen-bond donors (Lipinski definition) is 0. The normalized spacial score (nSPS) is 30.3. The van der Waals surface area contributed by atoms with Crippen LogP contribution in [0.4, 0.5) is 0 Å². The van der Waals surface area contributed by atoms with E-state index in [4.69, 9.17) is 4.74 Å². The fraction of sp³-hybridized carbons (Fsp3) is 0.700. The van der Waals surface area contributed by atoms with Crippen LogP contribution in [-0.4, -0.2) is 65.1 Å². The van der Waals surface area contributed by atoms with Crippen LogP contribution in [0.2, 0.25) is 0 Å². The van der Waals surface area contributed by atoms with Gasteiger partial charge in [-0.15, -0.1) is 0 Å². The molecule has 4 heterocycles. The first-order valence-corrected chi connectivity index (χ1v) is 9.67. The van der Waals surface area contributed by atoms with Crippen molar-refractivity contribution < 1.29 is 9.53 Å². The second kappa shape index (κ2) is 6.69. The van der Waals surface area contributed by atoms with Crippen LogP contribution in [0.15, 0.2) is 12.1 Å². The minimum absolute atomic E-state index is 0.123. The number of carbonyl (C=O) groups excluding carboxylic acids is 1. The third-order valence-corrected chi connectivity index (χ3v) is 6.06. The highest BCUT2D eigenvalue weighted by Gasteiger charge is 2.46. The molecule has 2 atom stereocenters. The van der Waals surface area contributed by atoms with Gasteiger partial charge in [0, 0.05) is 36.1 Å². The first-order valence-electron chi connectivity index (χ1n) is 9.67. The molecule has 0 unspecified atom stereocenters. The molecule has 25 heavy (non-hydrogen) atoms. The zero-order chi connectivity index (χ0) is 17.4. The van der Waals surface area contributed by atoms with Crippen molar-refractivity contribution in [3.05, 3.63) is 29.1 Å². The average molecular weight is 343 g/mol. The molecule has 0 aromatic carbocycles. The van der Waals surface area contributed by atoms with Crippen LogP contribution < -0.4 is 0 Å². The van der Waals surface area contributed by atoms with Gasteiger partial charge in [-0.25, -0.2) is 0 Å². The van der Waals surface area contributed by atoms with Crippen LogP contribution in [-0.2, 0) is 4.74 Å². The van der Waals surface area contributed by atoms with Crippen LogP contribution in [0.25, 0.3) is 0 Å². The van der Waals surface area contributed by atoms with Crippen molar-refractivity contribution in [2.45, 2.75) is 57.6 Å². The van der Waals surface area contributed by atoms with Gasteiger partial charge in [0.1, 0.15) is 0 Å². The van der Waals surface area contributed by atoms with Crippen LogP contribution in [0, 0.1) is 13.8 Å². The molecule has 3 saturated heterocycles. The van der Waals surface area contributed by atoms with Gasteiger partial charge >= 0.3 is 0 Å². The molecule has 0 radical (unpaired) electrons. The van der Waals surface area contributed by atoms with E-state index in [9.17, 15) is 4.79 Å². The van der Waals surface area contributed by atoms with Gasteiger partial charge in [0.25, 0.3) is 5.91 Å². The number of hydrogen-bond acceptors (Lipinski definition) is 4. The molecule has 0 aliphatic carbocycles. The van der Waals surface area contributed by atoms with Crippen LogP contribution >= 0.6 is 0 Å².